The van der Waals surface area contributed by atoms with Crippen LogP contribution in [0.1, 0.15) is 36.5 Å². The van der Waals surface area contributed by atoms with Crippen molar-refractivity contribution in [2.75, 3.05) is 5.01 Å². The first-order valence-electron chi connectivity index (χ1n) is 6.73. The second kappa shape index (κ2) is 4.88. The third-order valence-electron chi connectivity index (χ3n) is 3.57. The average Bonchev–Trinajstić information content (AvgIpc) is 2.47. The van der Waals surface area contributed by atoms with Gasteiger partial charge in [-0.05, 0) is 34.7 Å². The summed E-state index contributed by atoms with van der Waals surface area (Å²) in [5, 5.41) is 6.57. The Bertz CT molecular complexity index is 597. The van der Waals surface area contributed by atoms with Crippen LogP contribution in [0.4, 0.5) is 5.69 Å². The number of fused-ring (bicyclic) bond motifs is 1. The van der Waals surface area contributed by atoms with Crippen LogP contribution in [0, 0.1) is 0 Å². The minimum atomic E-state index is 0.569. The molecule has 0 fully saturated rings. The lowest BCUT2D eigenvalue weighted by Gasteiger charge is -2.24. The lowest BCUT2D eigenvalue weighted by atomic mass is 10.0. The quantitative estimate of drug-likeness (QED) is 0.781. The predicted octanol–water partition coefficient (Wildman–Crippen LogP) is 4.16. The van der Waals surface area contributed by atoms with E-state index in [1.807, 2.05) is 11.2 Å². The first kappa shape index (κ1) is 12.0. The normalized spacial score (nSPS) is 13.7. The van der Waals surface area contributed by atoms with Gasteiger partial charge < -0.3 is 0 Å². The number of hydrazone groups is 1. The molecule has 0 aliphatic carbocycles. The van der Waals surface area contributed by atoms with E-state index in [1.54, 1.807) is 0 Å². The van der Waals surface area contributed by atoms with Gasteiger partial charge in [0, 0.05) is 0 Å². The van der Waals surface area contributed by atoms with Crippen LogP contribution in [-0.4, -0.2) is 6.21 Å². The first-order valence-corrected chi connectivity index (χ1v) is 6.73. The zero-order valence-electron chi connectivity index (χ0n) is 11.4. The summed E-state index contributed by atoms with van der Waals surface area (Å²) in [6.07, 6.45) is 1.94. The molecule has 96 valence electrons. The molecule has 0 radical (unpaired) electrons. The van der Waals surface area contributed by atoms with Crippen molar-refractivity contribution in [3.05, 3.63) is 65.2 Å². The Labute approximate surface area is 114 Å². The second-order valence-electron chi connectivity index (χ2n) is 5.25. The molecule has 19 heavy (non-hydrogen) atoms. The van der Waals surface area contributed by atoms with Crippen LogP contribution in [0.5, 0.6) is 0 Å². The predicted molar refractivity (Wildman–Crippen MR) is 80.8 cm³/mol. The van der Waals surface area contributed by atoms with Crippen molar-refractivity contribution in [3.63, 3.8) is 0 Å². The fourth-order valence-corrected chi connectivity index (χ4v) is 2.33. The van der Waals surface area contributed by atoms with E-state index in [9.17, 15) is 0 Å². The minimum Gasteiger partial charge on any atom is -0.261 e. The van der Waals surface area contributed by atoms with Gasteiger partial charge in [0.05, 0.1) is 18.4 Å². The lowest BCUT2D eigenvalue weighted by molar-refractivity contribution is 0.836. The molecule has 0 atom stereocenters. The monoisotopic (exact) mass is 250 g/mol. The number of rotatable bonds is 2. The van der Waals surface area contributed by atoms with E-state index in [-0.39, 0.29) is 0 Å². The highest BCUT2D eigenvalue weighted by molar-refractivity contribution is 5.84. The van der Waals surface area contributed by atoms with E-state index in [4.69, 9.17) is 0 Å². The Kier molecular flexibility index (Phi) is 3.08. The van der Waals surface area contributed by atoms with E-state index in [1.165, 1.54) is 16.7 Å². The van der Waals surface area contributed by atoms with Gasteiger partial charge in [0.25, 0.3) is 0 Å². The molecule has 3 rings (SSSR count). The molecule has 0 unspecified atom stereocenters. The van der Waals surface area contributed by atoms with Crippen LogP contribution >= 0.6 is 0 Å². The smallest absolute Gasteiger partial charge is 0.0672 e. The zero-order valence-corrected chi connectivity index (χ0v) is 11.4. The lowest BCUT2D eigenvalue weighted by Crippen LogP contribution is -2.20. The molecule has 0 saturated heterocycles. The SMILES string of the molecule is CC(C)c1ccc(N2Cc3ccccc3C=N2)cc1. The largest absolute Gasteiger partial charge is 0.261 e. The Balaban J connectivity index is 1.85. The Morgan fingerprint density at radius 3 is 2.47 bits per heavy atom. The number of hydrogen-bond acceptors (Lipinski definition) is 2. The number of hydrogen-bond donors (Lipinski definition) is 0. The maximum Gasteiger partial charge on any atom is 0.0672 e. The number of nitrogens with zero attached hydrogens (tertiary/aromatic N) is 2. The number of benzene rings is 2. The molecule has 2 heteroatoms. The average molecular weight is 250 g/mol. The van der Waals surface area contributed by atoms with Crippen LogP contribution in [0.15, 0.2) is 53.6 Å². The highest BCUT2D eigenvalue weighted by Crippen LogP contribution is 2.24. The summed E-state index contributed by atoms with van der Waals surface area (Å²) in [7, 11) is 0. The molecule has 1 heterocycles. The molecule has 0 N–H and O–H groups in total. The van der Waals surface area contributed by atoms with E-state index in [2.05, 4.69) is 67.5 Å². The fraction of sp³-hybridized carbons (Fsp3) is 0.235. The van der Waals surface area contributed by atoms with Crippen LogP contribution in [0.25, 0.3) is 0 Å². The van der Waals surface area contributed by atoms with Crippen LogP contribution in [0.3, 0.4) is 0 Å². The summed E-state index contributed by atoms with van der Waals surface area (Å²) >= 11 is 0. The van der Waals surface area contributed by atoms with E-state index < -0.39 is 0 Å². The topological polar surface area (TPSA) is 15.6 Å². The summed E-state index contributed by atoms with van der Waals surface area (Å²) in [5.41, 5.74) is 5.06. The van der Waals surface area contributed by atoms with Gasteiger partial charge in [0.2, 0.25) is 0 Å². The zero-order chi connectivity index (χ0) is 13.2. The Morgan fingerprint density at radius 1 is 1.00 bits per heavy atom. The van der Waals surface area contributed by atoms with E-state index >= 15 is 0 Å². The summed E-state index contributed by atoms with van der Waals surface area (Å²) in [6, 6.07) is 17.1. The van der Waals surface area contributed by atoms with Crippen molar-refractivity contribution in [1.29, 1.82) is 0 Å². The van der Waals surface area contributed by atoms with Gasteiger partial charge in [0.1, 0.15) is 0 Å². The van der Waals surface area contributed by atoms with Gasteiger partial charge >= 0.3 is 0 Å². The molecule has 0 aromatic heterocycles. The minimum absolute atomic E-state index is 0.569. The highest BCUT2D eigenvalue weighted by Gasteiger charge is 2.12. The van der Waals surface area contributed by atoms with Gasteiger partial charge in [-0.25, -0.2) is 0 Å². The van der Waals surface area contributed by atoms with Crippen molar-refractivity contribution in [2.24, 2.45) is 5.10 Å². The molecule has 1 aliphatic heterocycles. The van der Waals surface area contributed by atoms with Gasteiger partial charge in [0.15, 0.2) is 0 Å². The summed E-state index contributed by atoms with van der Waals surface area (Å²) in [4.78, 5) is 0. The Morgan fingerprint density at radius 2 is 1.74 bits per heavy atom. The van der Waals surface area contributed by atoms with Crippen LogP contribution < -0.4 is 5.01 Å². The molecule has 0 saturated carbocycles. The van der Waals surface area contributed by atoms with E-state index in [0.717, 1.165) is 12.2 Å². The van der Waals surface area contributed by atoms with Gasteiger partial charge in [-0.1, -0.05) is 50.2 Å². The molecule has 1 aliphatic rings. The van der Waals surface area contributed by atoms with Gasteiger partial charge in [-0.3, -0.25) is 5.01 Å². The molecule has 0 spiro atoms. The molecular formula is C17H18N2. The number of anilines is 1. The first-order chi connectivity index (χ1) is 9.24. The summed E-state index contributed by atoms with van der Waals surface area (Å²) < 4.78 is 0. The van der Waals surface area contributed by atoms with Gasteiger partial charge in [-0.2, -0.15) is 5.10 Å². The maximum absolute atomic E-state index is 4.52. The summed E-state index contributed by atoms with van der Waals surface area (Å²) in [5.74, 6) is 0.569. The van der Waals surface area contributed by atoms with Crippen molar-refractivity contribution < 1.29 is 0 Å². The highest BCUT2D eigenvalue weighted by atomic mass is 15.5. The maximum atomic E-state index is 4.52. The summed E-state index contributed by atoms with van der Waals surface area (Å²) in [6.45, 7) is 5.27. The molecule has 0 bridgehead atoms. The van der Waals surface area contributed by atoms with E-state index in [0.29, 0.717) is 5.92 Å². The fourth-order valence-electron chi connectivity index (χ4n) is 2.33. The van der Waals surface area contributed by atoms with Crippen LogP contribution in [-0.2, 0) is 6.54 Å². The van der Waals surface area contributed by atoms with Crippen LogP contribution in [0.2, 0.25) is 0 Å². The third-order valence-corrected chi connectivity index (χ3v) is 3.57. The molecule has 2 aromatic rings. The second-order valence-corrected chi connectivity index (χ2v) is 5.25. The van der Waals surface area contributed by atoms with Crippen molar-refractivity contribution in [3.8, 4) is 0 Å². The molecular weight excluding hydrogens is 232 g/mol. The Hall–Kier alpha value is -2.09. The van der Waals surface area contributed by atoms with Crippen molar-refractivity contribution in [2.45, 2.75) is 26.3 Å². The molecule has 2 aromatic carbocycles. The van der Waals surface area contributed by atoms with Crippen molar-refractivity contribution >= 4 is 11.9 Å². The van der Waals surface area contributed by atoms with Crippen molar-refractivity contribution in [1.82, 2.24) is 0 Å². The molecule has 2 nitrogen and oxygen atoms in total. The molecule has 0 amide bonds. The standard InChI is InChI=1S/C17H18N2/c1-13(2)14-7-9-17(10-8-14)19-12-16-6-4-3-5-15(16)11-18-19/h3-11,13H,12H2,1-2H3. The third kappa shape index (κ3) is 2.39. The van der Waals surface area contributed by atoms with Gasteiger partial charge in [-0.15, -0.1) is 0 Å².